The van der Waals surface area contributed by atoms with Gasteiger partial charge in [0.1, 0.15) is 11.4 Å². The van der Waals surface area contributed by atoms with Crippen LogP contribution in [0.2, 0.25) is 0 Å². The first kappa shape index (κ1) is 15.6. The van der Waals surface area contributed by atoms with E-state index in [0.29, 0.717) is 17.9 Å². The molecule has 0 radical (unpaired) electrons. The highest BCUT2D eigenvalue weighted by atomic mass is 16.6. The van der Waals surface area contributed by atoms with Crippen molar-refractivity contribution in [3.8, 4) is 0 Å². The number of aromatic nitrogens is 2. The third-order valence-corrected chi connectivity index (χ3v) is 3.31. The smallest absolute Gasteiger partial charge is 0.313 e. The van der Waals surface area contributed by atoms with Crippen LogP contribution < -0.4 is 0 Å². The van der Waals surface area contributed by atoms with E-state index in [2.05, 4.69) is 5.10 Å². The molecule has 1 heterocycles. The summed E-state index contributed by atoms with van der Waals surface area (Å²) in [5.74, 6) is -0.182. The SMILES string of the molecule is CCCn1nc(C)c([N+](=O)[O-])c1C(C(C)C)C(C)O. The van der Waals surface area contributed by atoms with Gasteiger partial charge in [0, 0.05) is 12.5 Å². The van der Waals surface area contributed by atoms with Crippen LogP contribution in [0.25, 0.3) is 0 Å². The second-order valence-corrected chi connectivity index (χ2v) is 5.31. The molecule has 0 saturated carbocycles. The quantitative estimate of drug-likeness (QED) is 0.635. The number of hydrogen-bond donors (Lipinski definition) is 1. The fourth-order valence-corrected chi connectivity index (χ4v) is 2.63. The first-order valence-electron chi connectivity index (χ1n) is 6.70. The lowest BCUT2D eigenvalue weighted by atomic mass is 9.87. The van der Waals surface area contributed by atoms with Crippen LogP contribution >= 0.6 is 0 Å². The van der Waals surface area contributed by atoms with Gasteiger partial charge in [-0.05, 0) is 26.2 Å². The van der Waals surface area contributed by atoms with Gasteiger partial charge in [-0.15, -0.1) is 0 Å². The molecule has 0 aliphatic heterocycles. The highest BCUT2D eigenvalue weighted by Gasteiger charge is 2.35. The van der Waals surface area contributed by atoms with Crippen molar-refractivity contribution in [3.05, 3.63) is 21.5 Å². The number of aliphatic hydroxyl groups is 1. The van der Waals surface area contributed by atoms with Crippen LogP contribution in [0.3, 0.4) is 0 Å². The van der Waals surface area contributed by atoms with Gasteiger partial charge in [0.05, 0.1) is 11.0 Å². The number of nitrogens with zero attached hydrogens (tertiary/aromatic N) is 3. The Morgan fingerprint density at radius 2 is 2.00 bits per heavy atom. The molecule has 0 aliphatic rings. The normalized spacial score (nSPS) is 14.7. The van der Waals surface area contributed by atoms with Gasteiger partial charge >= 0.3 is 5.69 Å². The predicted molar refractivity (Wildman–Crippen MR) is 73.2 cm³/mol. The minimum atomic E-state index is -0.648. The average Bonchev–Trinajstić information content (AvgIpc) is 2.55. The van der Waals surface area contributed by atoms with Gasteiger partial charge in [0.2, 0.25) is 0 Å². The van der Waals surface area contributed by atoms with Crippen molar-refractivity contribution < 1.29 is 10.0 Å². The topological polar surface area (TPSA) is 81.2 Å². The van der Waals surface area contributed by atoms with Gasteiger partial charge in [-0.25, -0.2) is 0 Å². The molecule has 0 fully saturated rings. The molecule has 0 spiro atoms. The summed E-state index contributed by atoms with van der Waals surface area (Å²) < 4.78 is 1.69. The molecule has 6 nitrogen and oxygen atoms in total. The Morgan fingerprint density at radius 3 is 2.37 bits per heavy atom. The fraction of sp³-hybridized carbons (Fsp3) is 0.769. The molecule has 1 rings (SSSR count). The van der Waals surface area contributed by atoms with Gasteiger partial charge < -0.3 is 5.11 Å². The molecule has 0 amide bonds. The Kier molecular flexibility index (Phi) is 5.05. The Labute approximate surface area is 113 Å². The lowest BCUT2D eigenvalue weighted by Crippen LogP contribution is -2.24. The van der Waals surface area contributed by atoms with Crippen LogP contribution in [0, 0.1) is 23.0 Å². The molecule has 2 unspecified atom stereocenters. The lowest BCUT2D eigenvalue weighted by Gasteiger charge is -2.24. The molecule has 1 N–H and O–H groups in total. The Balaban J connectivity index is 3.46. The molecule has 0 saturated heterocycles. The molecule has 19 heavy (non-hydrogen) atoms. The monoisotopic (exact) mass is 269 g/mol. The minimum Gasteiger partial charge on any atom is -0.393 e. The number of aryl methyl sites for hydroxylation is 2. The van der Waals surface area contributed by atoms with E-state index in [-0.39, 0.29) is 22.4 Å². The van der Waals surface area contributed by atoms with Crippen molar-refractivity contribution in [3.63, 3.8) is 0 Å². The summed E-state index contributed by atoms with van der Waals surface area (Å²) >= 11 is 0. The first-order valence-corrected chi connectivity index (χ1v) is 6.70. The van der Waals surface area contributed by atoms with E-state index in [9.17, 15) is 15.2 Å². The van der Waals surface area contributed by atoms with Gasteiger partial charge in [-0.3, -0.25) is 14.8 Å². The second kappa shape index (κ2) is 6.14. The molecule has 1 aromatic rings. The summed E-state index contributed by atoms with van der Waals surface area (Å²) in [6.07, 6.45) is 0.195. The van der Waals surface area contributed by atoms with E-state index < -0.39 is 6.10 Å². The number of hydrogen-bond acceptors (Lipinski definition) is 4. The van der Waals surface area contributed by atoms with E-state index in [4.69, 9.17) is 0 Å². The maximum Gasteiger partial charge on any atom is 0.313 e. The summed E-state index contributed by atoms with van der Waals surface area (Å²) in [5, 5.41) is 25.5. The van der Waals surface area contributed by atoms with Gasteiger partial charge in [0.15, 0.2) is 0 Å². The predicted octanol–water partition coefficient (Wildman–Crippen LogP) is 2.63. The molecule has 6 heteroatoms. The van der Waals surface area contributed by atoms with Gasteiger partial charge in [-0.2, -0.15) is 5.10 Å². The van der Waals surface area contributed by atoms with Crippen LogP contribution in [0.4, 0.5) is 5.69 Å². The standard InChI is InChI=1S/C13H23N3O3/c1-6-7-15-13(11(8(2)3)10(5)17)12(16(18)19)9(4)14-15/h8,10-11,17H,6-7H2,1-5H3. The van der Waals surface area contributed by atoms with E-state index >= 15 is 0 Å². The minimum absolute atomic E-state index is 0.0491. The molecule has 0 aliphatic carbocycles. The van der Waals surface area contributed by atoms with E-state index in [1.165, 1.54) is 0 Å². The van der Waals surface area contributed by atoms with E-state index in [1.807, 2.05) is 20.8 Å². The molecule has 0 bridgehead atoms. The van der Waals surface area contributed by atoms with Crippen molar-refractivity contribution in [2.24, 2.45) is 5.92 Å². The summed E-state index contributed by atoms with van der Waals surface area (Å²) in [6, 6.07) is 0. The van der Waals surface area contributed by atoms with Crippen molar-refractivity contribution in [1.82, 2.24) is 9.78 Å². The highest BCUT2D eigenvalue weighted by Crippen LogP contribution is 2.36. The largest absolute Gasteiger partial charge is 0.393 e. The fourth-order valence-electron chi connectivity index (χ4n) is 2.63. The lowest BCUT2D eigenvalue weighted by molar-refractivity contribution is -0.386. The van der Waals surface area contributed by atoms with Crippen molar-refractivity contribution >= 4 is 5.69 Å². The van der Waals surface area contributed by atoms with Crippen molar-refractivity contribution in [2.75, 3.05) is 0 Å². The Bertz CT molecular complexity index is 444. The van der Waals surface area contributed by atoms with Crippen LogP contribution in [-0.2, 0) is 6.54 Å². The molecule has 1 aromatic heterocycles. The van der Waals surface area contributed by atoms with Crippen LogP contribution in [0.15, 0.2) is 0 Å². The molecular weight excluding hydrogens is 246 g/mol. The molecular formula is C13H23N3O3. The van der Waals surface area contributed by atoms with Gasteiger partial charge in [-0.1, -0.05) is 20.8 Å². The Morgan fingerprint density at radius 1 is 1.42 bits per heavy atom. The summed E-state index contributed by atoms with van der Waals surface area (Å²) in [7, 11) is 0. The molecule has 108 valence electrons. The maximum atomic E-state index is 11.3. The Hall–Kier alpha value is -1.43. The van der Waals surface area contributed by atoms with E-state index in [1.54, 1.807) is 18.5 Å². The third-order valence-electron chi connectivity index (χ3n) is 3.31. The van der Waals surface area contributed by atoms with Crippen LogP contribution in [0.5, 0.6) is 0 Å². The first-order chi connectivity index (χ1) is 8.81. The molecule has 2 atom stereocenters. The molecule has 0 aromatic carbocycles. The summed E-state index contributed by atoms with van der Waals surface area (Å²) in [5.41, 5.74) is 1.02. The van der Waals surface area contributed by atoms with Crippen molar-refractivity contribution in [2.45, 2.75) is 59.6 Å². The zero-order valence-corrected chi connectivity index (χ0v) is 12.3. The van der Waals surface area contributed by atoms with Gasteiger partial charge in [0.25, 0.3) is 0 Å². The maximum absolute atomic E-state index is 11.3. The zero-order valence-electron chi connectivity index (χ0n) is 12.3. The van der Waals surface area contributed by atoms with Crippen LogP contribution in [-0.4, -0.2) is 25.9 Å². The van der Waals surface area contributed by atoms with Crippen LogP contribution in [0.1, 0.15) is 51.4 Å². The van der Waals surface area contributed by atoms with Crippen molar-refractivity contribution in [1.29, 1.82) is 0 Å². The van der Waals surface area contributed by atoms with E-state index in [0.717, 1.165) is 6.42 Å². The third kappa shape index (κ3) is 3.12. The second-order valence-electron chi connectivity index (χ2n) is 5.31. The summed E-state index contributed by atoms with van der Waals surface area (Å²) in [4.78, 5) is 10.9. The summed E-state index contributed by atoms with van der Waals surface area (Å²) in [6.45, 7) is 9.86. The highest BCUT2D eigenvalue weighted by molar-refractivity contribution is 5.43. The number of nitro groups is 1. The average molecular weight is 269 g/mol. The zero-order chi connectivity index (χ0) is 14.7. The number of rotatable bonds is 6. The number of aliphatic hydroxyl groups excluding tert-OH is 1.